The smallest absolute Gasteiger partial charge is 0.157 e. The van der Waals surface area contributed by atoms with Gasteiger partial charge in [0.25, 0.3) is 0 Å². The van der Waals surface area contributed by atoms with Crippen LogP contribution in [0.15, 0.2) is 0 Å². The van der Waals surface area contributed by atoms with Gasteiger partial charge in [0, 0.05) is 6.61 Å². The van der Waals surface area contributed by atoms with Gasteiger partial charge in [0.05, 0.1) is 165 Å². The third kappa shape index (κ3) is 34.7. The van der Waals surface area contributed by atoms with Crippen LogP contribution in [0.25, 0.3) is 0 Å². The van der Waals surface area contributed by atoms with Crippen molar-refractivity contribution in [3.8, 4) is 0 Å². The van der Waals surface area contributed by atoms with E-state index in [2.05, 4.69) is 0 Å². The van der Waals surface area contributed by atoms with Gasteiger partial charge in [-0.05, 0) is 19.3 Å². The summed E-state index contributed by atoms with van der Waals surface area (Å²) in [6, 6.07) is 0. The molecule has 46 heavy (non-hydrogen) atoms. The fourth-order valence-corrected chi connectivity index (χ4v) is 3.66. The monoisotopic (exact) mass is 676 g/mol. The van der Waals surface area contributed by atoms with E-state index in [4.69, 9.17) is 66.3 Å². The summed E-state index contributed by atoms with van der Waals surface area (Å²) in [6.07, 6.45) is 3.18. The lowest BCUT2D eigenvalue weighted by molar-refractivity contribution is -0.169. The lowest BCUT2D eigenvalue weighted by Gasteiger charge is -2.22. The predicted molar refractivity (Wildman–Crippen MR) is 165 cm³/mol. The first-order chi connectivity index (χ1) is 22.9. The number of hydrogen-bond acceptors (Lipinski definition) is 14. The molecular formula is C31H61FO14. The molecule has 1 unspecified atom stereocenters. The topological polar surface area (TPSA) is 129 Å². The fourth-order valence-electron chi connectivity index (χ4n) is 3.66. The molecule has 0 aliphatic carbocycles. The van der Waals surface area contributed by atoms with Crippen LogP contribution < -0.4 is 0 Å². The molecule has 0 N–H and O–H groups in total. The third-order valence-corrected chi connectivity index (χ3v) is 5.98. The molecular weight excluding hydrogens is 615 g/mol. The maximum Gasteiger partial charge on any atom is 0.157 e. The van der Waals surface area contributed by atoms with Gasteiger partial charge in [-0.1, -0.05) is 0 Å². The highest BCUT2D eigenvalue weighted by molar-refractivity contribution is 4.53. The SMILES string of the molecule is FCCOCCOCCOCCOCCOCCOCCOCCOCCOCCOCCOCCOCCOC1CCCCO1. The molecule has 0 aromatic heterocycles. The normalized spacial score (nSPS) is 15.2. The second-order valence-electron chi connectivity index (χ2n) is 9.70. The van der Waals surface area contributed by atoms with Crippen LogP contribution in [0.1, 0.15) is 19.3 Å². The molecule has 1 aliphatic heterocycles. The van der Waals surface area contributed by atoms with Crippen molar-refractivity contribution < 1.29 is 70.7 Å². The Labute approximate surface area is 274 Å². The largest absolute Gasteiger partial charge is 0.377 e. The van der Waals surface area contributed by atoms with Gasteiger partial charge in [0.2, 0.25) is 0 Å². The standard InChI is InChI=1S/C31H61FO14/c32-4-6-33-7-8-34-9-10-35-11-12-36-13-14-37-15-16-38-17-18-39-19-20-40-21-22-41-23-24-42-25-26-43-27-28-44-29-30-46-31-3-1-2-5-45-31/h31H,1-30H2. The van der Waals surface area contributed by atoms with Crippen LogP contribution >= 0.6 is 0 Å². The van der Waals surface area contributed by atoms with E-state index in [-0.39, 0.29) is 12.9 Å². The zero-order valence-electron chi connectivity index (χ0n) is 27.9. The zero-order chi connectivity index (χ0) is 32.7. The van der Waals surface area contributed by atoms with Crippen LogP contribution in [-0.2, 0) is 66.3 Å². The Bertz CT molecular complexity index is 563. The van der Waals surface area contributed by atoms with Gasteiger partial charge >= 0.3 is 0 Å². The highest BCUT2D eigenvalue weighted by Gasteiger charge is 2.13. The summed E-state index contributed by atoms with van der Waals surface area (Å²) in [6.45, 7) is 12.4. The summed E-state index contributed by atoms with van der Waals surface area (Å²) in [7, 11) is 0. The average Bonchev–Trinajstić information content (AvgIpc) is 3.08. The molecule has 0 bridgehead atoms. The van der Waals surface area contributed by atoms with Crippen molar-refractivity contribution in [2.75, 3.05) is 178 Å². The number of alkyl halides is 1. The number of rotatable bonds is 39. The lowest BCUT2D eigenvalue weighted by Crippen LogP contribution is -2.24. The number of halogens is 1. The molecule has 0 aromatic carbocycles. The Hall–Kier alpha value is -0.630. The molecule has 0 aromatic rings. The first-order valence-electron chi connectivity index (χ1n) is 16.7. The van der Waals surface area contributed by atoms with Crippen molar-refractivity contribution in [3.63, 3.8) is 0 Å². The molecule has 0 radical (unpaired) electrons. The van der Waals surface area contributed by atoms with E-state index >= 15 is 0 Å². The van der Waals surface area contributed by atoms with Gasteiger partial charge in [0.1, 0.15) is 6.67 Å². The Morgan fingerprint density at radius 2 is 0.609 bits per heavy atom. The van der Waals surface area contributed by atoms with Crippen molar-refractivity contribution in [1.29, 1.82) is 0 Å². The first kappa shape index (κ1) is 43.4. The molecule has 1 saturated heterocycles. The first-order valence-corrected chi connectivity index (χ1v) is 16.7. The highest BCUT2D eigenvalue weighted by atomic mass is 19.1. The number of ether oxygens (including phenoxy) is 14. The summed E-state index contributed by atoms with van der Waals surface area (Å²) >= 11 is 0. The van der Waals surface area contributed by atoms with Gasteiger partial charge in [-0.2, -0.15) is 0 Å². The summed E-state index contributed by atoms with van der Waals surface area (Å²) in [5.41, 5.74) is 0. The van der Waals surface area contributed by atoms with Crippen molar-refractivity contribution in [2.45, 2.75) is 25.6 Å². The molecule has 1 atom stereocenters. The predicted octanol–water partition coefficient (Wildman–Crippen LogP) is 1.70. The van der Waals surface area contributed by atoms with E-state index in [1.165, 1.54) is 0 Å². The number of hydrogen-bond donors (Lipinski definition) is 0. The van der Waals surface area contributed by atoms with Crippen LogP contribution in [0, 0.1) is 0 Å². The summed E-state index contributed by atoms with van der Waals surface area (Å²) in [4.78, 5) is 0. The van der Waals surface area contributed by atoms with Crippen molar-refractivity contribution >= 4 is 0 Å². The molecule has 1 rings (SSSR count). The molecule has 1 heterocycles. The van der Waals surface area contributed by atoms with Crippen molar-refractivity contribution in [3.05, 3.63) is 0 Å². The quantitative estimate of drug-likeness (QED) is 0.0876. The van der Waals surface area contributed by atoms with Gasteiger partial charge in [-0.3, -0.25) is 0 Å². The minimum Gasteiger partial charge on any atom is -0.377 e. The Balaban J connectivity index is 1.59. The van der Waals surface area contributed by atoms with E-state index in [1.807, 2.05) is 0 Å². The molecule has 0 amide bonds. The van der Waals surface area contributed by atoms with E-state index < -0.39 is 6.67 Å². The van der Waals surface area contributed by atoms with Gasteiger partial charge in [-0.25, -0.2) is 4.39 Å². The summed E-state index contributed by atoms with van der Waals surface area (Å²) in [5, 5.41) is 0. The molecule has 1 fully saturated rings. The molecule has 15 heteroatoms. The van der Waals surface area contributed by atoms with Crippen molar-refractivity contribution in [1.82, 2.24) is 0 Å². The van der Waals surface area contributed by atoms with Gasteiger partial charge in [-0.15, -0.1) is 0 Å². The second kappa shape index (κ2) is 38.8. The van der Waals surface area contributed by atoms with Gasteiger partial charge in [0.15, 0.2) is 6.29 Å². The minimum atomic E-state index is -0.475. The van der Waals surface area contributed by atoms with Crippen LogP contribution in [0.5, 0.6) is 0 Å². The molecule has 1 aliphatic rings. The van der Waals surface area contributed by atoms with E-state index in [0.717, 1.165) is 25.9 Å². The Kier molecular flexibility index (Phi) is 36.6. The van der Waals surface area contributed by atoms with Crippen LogP contribution in [0.4, 0.5) is 4.39 Å². The van der Waals surface area contributed by atoms with Gasteiger partial charge < -0.3 is 66.3 Å². The Morgan fingerprint density at radius 1 is 0.348 bits per heavy atom. The third-order valence-electron chi connectivity index (χ3n) is 5.98. The average molecular weight is 677 g/mol. The van der Waals surface area contributed by atoms with Crippen LogP contribution in [0.3, 0.4) is 0 Å². The molecule has 14 nitrogen and oxygen atoms in total. The highest BCUT2D eigenvalue weighted by Crippen LogP contribution is 2.13. The van der Waals surface area contributed by atoms with E-state index in [0.29, 0.717) is 159 Å². The zero-order valence-corrected chi connectivity index (χ0v) is 27.9. The van der Waals surface area contributed by atoms with Crippen LogP contribution in [0.2, 0.25) is 0 Å². The molecule has 0 spiro atoms. The van der Waals surface area contributed by atoms with E-state index in [1.54, 1.807) is 0 Å². The van der Waals surface area contributed by atoms with Crippen LogP contribution in [-0.4, -0.2) is 185 Å². The molecule has 0 saturated carbocycles. The molecule has 276 valence electrons. The minimum absolute atomic E-state index is 0.0688. The summed E-state index contributed by atoms with van der Waals surface area (Å²) < 4.78 is 87.8. The maximum atomic E-state index is 11.8. The fraction of sp³-hybridized carbons (Fsp3) is 1.00. The van der Waals surface area contributed by atoms with Crippen molar-refractivity contribution in [2.24, 2.45) is 0 Å². The second-order valence-corrected chi connectivity index (χ2v) is 9.70. The maximum absolute atomic E-state index is 11.8. The Morgan fingerprint density at radius 3 is 0.848 bits per heavy atom. The van der Waals surface area contributed by atoms with E-state index in [9.17, 15) is 4.39 Å². The lowest BCUT2D eigenvalue weighted by atomic mass is 10.2. The summed E-state index contributed by atoms with van der Waals surface area (Å²) in [5.74, 6) is 0.